The van der Waals surface area contributed by atoms with Crippen molar-refractivity contribution in [2.24, 2.45) is 0 Å². The molecule has 5 heteroatoms. The van der Waals surface area contributed by atoms with Crippen LogP contribution in [0.15, 0.2) is 0 Å². The van der Waals surface area contributed by atoms with Gasteiger partial charge in [-0.3, -0.25) is 9.48 Å². The quantitative estimate of drug-likeness (QED) is 0.811. The lowest BCUT2D eigenvalue weighted by Gasteiger charge is -2.23. The second kappa shape index (κ2) is 7.07. The van der Waals surface area contributed by atoms with Gasteiger partial charge < -0.3 is 9.64 Å². The summed E-state index contributed by atoms with van der Waals surface area (Å²) in [5.74, 6) is -0.000188. The monoisotopic (exact) mass is 295 g/mol. The summed E-state index contributed by atoms with van der Waals surface area (Å²) in [5.41, 5.74) is 3.23. The van der Waals surface area contributed by atoms with Crippen molar-refractivity contribution in [2.75, 3.05) is 7.05 Å². The lowest BCUT2D eigenvalue weighted by Crippen LogP contribution is -2.37. The lowest BCUT2D eigenvalue weighted by atomic mass is 10.1. The number of carbonyl (C=O) groups is 1. The van der Waals surface area contributed by atoms with E-state index < -0.39 is 6.10 Å². The molecule has 1 aromatic rings. The van der Waals surface area contributed by atoms with Crippen molar-refractivity contribution in [3.8, 4) is 0 Å². The smallest absolute Gasteiger partial charge is 0.251 e. The van der Waals surface area contributed by atoms with Gasteiger partial charge >= 0.3 is 0 Å². The maximum absolute atomic E-state index is 12.3. The largest absolute Gasteiger partial charge is 0.366 e. The average molecular weight is 295 g/mol. The second-order valence-electron chi connectivity index (χ2n) is 6.21. The lowest BCUT2D eigenvalue weighted by molar-refractivity contribution is -0.144. The second-order valence-corrected chi connectivity index (χ2v) is 6.21. The van der Waals surface area contributed by atoms with E-state index in [1.54, 1.807) is 11.8 Å². The van der Waals surface area contributed by atoms with Gasteiger partial charge in [-0.25, -0.2) is 0 Å². The summed E-state index contributed by atoms with van der Waals surface area (Å²) in [4.78, 5) is 14.0. The predicted octanol–water partition coefficient (Wildman–Crippen LogP) is 2.85. The number of aryl methyl sites for hydroxylation is 1. The fourth-order valence-electron chi connectivity index (χ4n) is 2.52. The molecule has 0 saturated carbocycles. The van der Waals surface area contributed by atoms with Crippen molar-refractivity contribution in [3.05, 3.63) is 17.0 Å². The van der Waals surface area contributed by atoms with Gasteiger partial charge in [-0.2, -0.15) is 5.10 Å². The molecular formula is C16H29N3O2. The van der Waals surface area contributed by atoms with Crippen LogP contribution in [0.3, 0.4) is 0 Å². The first-order chi connectivity index (χ1) is 9.65. The fraction of sp³-hybridized carbons (Fsp3) is 0.750. The molecule has 0 aromatic carbocycles. The number of nitrogens with zero attached hydrogens (tertiary/aromatic N) is 3. The Morgan fingerprint density at radius 2 is 1.81 bits per heavy atom. The highest BCUT2D eigenvalue weighted by atomic mass is 16.5. The summed E-state index contributed by atoms with van der Waals surface area (Å²) >= 11 is 0. The number of hydrogen-bond acceptors (Lipinski definition) is 3. The van der Waals surface area contributed by atoms with Crippen LogP contribution < -0.4 is 0 Å². The normalized spacial score (nSPS) is 13.0. The van der Waals surface area contributed by atoms with E-state index in [2.05, 4.69) is 25.9 Å². The first-order valence-electron chi connectivity index (χ1n) is 7.60. The van der Waals surface area contributed by atoms with Crippen molar-refractivity contribution in [1.82, 2.24) is 14.7 Å². The molecule has 1 rings (SSSR count). The maximum atomic E-state index is 12.3. The standard InChI is InChI=1S/C16H29N3O2/c1-10(2)19-13(6)15(12(5)17-19)9-18(8)16(20)14(7)21-11(3)4/h10-11,14H,9H2,1-8H3/t14-/m1/s1. The van der Waals surface area contributed by atoms with Gasteiger partial charge in [-0.05, 0) is 48.5 Å². The Morgan fingerprint density at radius 3 is 2.24 bits per heavy atom. The molecule has 0 radical (unpaired) electrons. The first-order valence-corrected chi connectivity index (χ1v) is 7.60. The van der Waals surface area contributed by atoms with Crippen LogP contribution in [0.1, 0.15) is 57.6 Å². The molecule has 0 bridgehead atoms. The van der Waals surface area contributed by atoms with E-state index in [0.717, 1.165) is 17.0 Å². The first kappa shape index (κ1) is 17.7. The SMILES string of the molecule is Cc1nn(C(C)C)c(C)c1CN(C)C(=O)[C@@H](C)OC(C)C. The van der Waals surface area contributed by atoms with Gasteiger partial charge in [0.2, 0.25) is 0 Å². The van der Waals surface area contributed by atoms with Gasteiger partial charge in [0.25, 0.3) is 5.91 Å². The van der Waals surface area contributed by atoms with Crippen molar-refractivity contribution < 1.29 is 9.53 Å². The molecule has 0 N–H and O–H groups in total. The number of carbonyl (C=O) groups excluding carboxylic acids is 1. The van der Waals surface area contributed by atoms with Crippen molar-refractivity contribution in [1.29, 1.82) is 0 Å². The van der Waals surface area contributed by atoms with Gasteiger partial charge in [0.1, 0.15) is 6.10 Å². The van der Waals surface area contributed by atoms with Crippen LogP contribution in [-0.2, 0) is 16.1 Å². The molecule has 5 nitrogen and oxygen atoms in total. The predicted molar refractivity (Wildman–Crippen MR) is 84.2 cm³/mol. The molecule has 21 heavy (non-hydrogen) atoms. The summed E-state index contributed by atoms with van der Waals surface area (Å²) in [7, 11) is 1.81. The van der Waals surface area contributed by atoms with E-state index in [4.69, 9.17) is 4.74 Å². The van der Waals surface area contributed by atoms with Crippen LogP contribution in [0.2, 0.25) is 0 Å². The van der Waals surface area contributed by atoms with E-state index in [0.29, 0.717) is 12.6 Å². The third kappa shape index (κ3) is 4.30. The van der Waals surface area contributed by atoms with Crippen molar-refractivity contribution in [2.45, 2.75) is 73.3 Å². The maximum Gasteiger partial charge on any atom is 0.251 e. The molecular weight excluding hydrogens is 266 g/mol. The molecule has 1 amide bonds. The molecule has 0 spiro atoms. The molecule has 0 aliphatic rings. The molecule has 0 fully saturated rings. The van der Waals surface area contributed by atoms with Gasteiger partial charge in [-0.15, -0.1) is 0 Å². The number of aromatic nitrogens is 2. The van der Waals surface area contributed by atoms with E-state index >= 15 is 0 Å². The third-order valence-electron chi connectivity index (χ3n) is 3.56. The minimum atomic E-state index is -0.421. The van der Waals surface area contributed by atoms with Gasteiger partial charge in [0, 0.05) is 30.9 Å². The Kier molecular flexibility index (Phi) is 5.96. The highest BCUT2D eigenvalue weighted by Crippen LogP contribution is 2.19. The van der Waals surface area contributed by atoms with Crippen molar-refractivity contribution >= 4 is 5.91 Å². The summed E-state index contributed by atoms with van der Waals surface area (Å²) < 4.78 is 7.57. The number of amides is 1. The number of likely N-dealkylation sites (N-methyl/N-ethyl adjacent to an activating group) is 1. The summed E-state index contributed by atoms with van der Waals surface area (Å²) in [5, 5.41) is 4.56. The van der Waals surface area contributed by atoms with Crippen LogP contribution in [0.5, 0.6) is 0 Å². The Balaban J connectivity index is 2.84. The van der Waals surface area contributed by atoms with Gasteiger partial charge in [0.15, 0.2) is 0 Å². The van der Waals surface area contributed by atoms with Crippen LogP contribution in [0.4, 0.5) is 0 Å². The minimum Gasteiger partial charge on any atom is -0.366 e. The minimum absolute atomic E-state index is 0.000188. The molecule has 0 aliphatic carbocycles. The molecule has 1 aromatic heterocycles. The number of rotatable bonds is 6. The van der Waals surface area contributed by atoms with Crippen LogP contribution >= 0.6 is 0 Å². The summed E-state index contributed by atoms with van der Waals surface area (Å²) in [6, 6.07) is 0.321. The van der Waals surface area contributed by atoms with Gasteiger partial charge in [0.05, 0.1) is 11.8 Å². The Bertz CT molecular complexity index is 492. The third-order valence-corrected chi connectivity index (χ3v) is 3.56. The molecule has 1 atom stereocenters. The fourth-order valence-corrected chi connectivity index (χ4v) is 2.52. The Morgan fingerprint density at radius 1 is 1.24 bits per heavy atom. The number of ether oxygens (including phenoxy) is 1. The zero-order valence-corrected chi connectivity index (χ0v) is 14.6. The van der Waals surface area contributed by atoms with E-state index in [1.165, 1.54) is 0 Å². The van der Waals surface area contributed by atoms with Crippen LogP contribution in [-0.4, -0.2) is 39.8 Å². The zero-order valence-electron chi connectivity index (χ0n) is 14.6. The summed E-state index contributed by atoms with van der Waals surface area (Å²) in [6.45, 7) is 14.5. The Hall–Kier alpha value is -1.36. The van der Waals surface area contributed by atoms with Crippen LogP contribution in [0, 0.1) is 13.8 Å². The topological polar surface area (TPSA) is 47.4 Å². The van der Waals surface area contributed by atoms with Crippen LogP contribution in [0.25, 0.3) is 0 Å². The zero-order chi connectivity index (χ0) is 16.3. The highest BCUT2D eigenvalue weighted by molar-refractivity contribution is 5.80. The summed E-state index contributed by atoms with van der Waals surface area (Å²) in [6.07, 6.45) is -0.375. The van der Waals surface area contributed by atoms with Gasteiger partial charge in [-0.1, -0.05) is 0 Å². The average Bonchev–Trinajstić information content (AvgIpc) is 2.65. The molecule has 120 valence electrons. The molecule has 0 saturated heterocycles. The highest BCUT2D eigenvalue weighted by Gasteiger charge is 2.22. The van der Waals surface area contributed by atoms with E-state index in [-0.39, 0.29) is 12.0 Å². The molecule has 0 aliphatic heterocycles. The van der Waals surface area contributed by atoms with Crippen molar-refractivity contribution in [3.63, 3.8) is 0 Å². The molecule has 1 heterocycles. The Labute approximate surface area is 128 Å². The van der Waals surface area contributed by atoms with E-state index in [1.807, 2.05) is 32.5 Å². The van der Waals surface area contributed by atoms with E-state index in [9.17, 15) is 4.79 Å². The number of hydrogen-bond donors (Lipinski definition) is 0. The molecule has 0 unspecified atom stereocenters.